The Morgan fingerprint density at radius 1 is 0.950 bits per heavy atom. The summed E-state index contributed by atoms with van der Waals surface area (Å²) in [6, 6.07) is 16.0. The zero-order chi connectivity index (χ0) is 13.7. The Morgan fingerprint density at radius 2 is 1.70 bits per heavy atom. The van der Waals surface area contributed by atoms with Crippen LogP contribution in [0.4, 0.5) is 0 Å². The predicted octanol–water partition coefficient (Wildman–Crippen LogP) is 4.57. The lowest BCUT2D eigenvalue weighted by Gasteiger charge is -2.10. The second-order valence-electron chi connectivity index (χ2n) is 5.53. The number of carboxylic acids is 1. The molecule has 1 fully saturated rings. The van der Waals surface area contributed by atoms with Crippen molar-refractivity contribution < 1.29 is 9.90 Å². The van der Waals surface area contributed by atoms with Gasteiger partial charge in [0.1, 0.15) is 0 Å². The average molecular weight is 262 g/mol. The van der Waals surface area contributed by atoms with Gasteiger partial charge in [0.05, 0.1) is 5.56 Å². The van der Waals surface area contributed by atoms with Gasteiger partial charge in [0.15, 0.2) is 0 Å². The van der Waals surface area contributed by atoms with Crippen LogP contribution < -0.4 is 0 Å². The van der Waals surface area contributed by atoms with E-state index in [-0.39, 0.29) is 0 Å². The number of carboxylic acid groups (broad SMARTS) is 1. The van der Waals surface area contributed by atoms with Crippen molar-refractivity contribution in [2.75, 3.05) is 0 Å². The van der Waals surface area contributed by atoms with Crippen LogP contribution in [-0.2, 0) is 0 Å². The highest BCUT2D eigenvalue weighted by Gasteiger charge is 2.25. The first-order valence-corrected chi connectivity index (χ1v) is 6.93. The summed E-state index contributed by atoms with van der Waals surface area (Å²) in [7, 11) is 0. The summed E-state index contributed by atoms with van der Waals surface area (Å²) in [4.78, 5) is 11.1. The second kappa shape index (κ2) is 4.07. The first-order valence-electron chi connectivity index (χ1n) is 6.93. The third kappa shape index (κ3) is 1.68. The molecule has 0 saturated heterocycles. The van der Waals surface area contributed by atoms with Crippen LogP contribution in [0.1, 0.15) is 34.7 Å². The van der Waals surface area contributed by atoms with Gasteiger partial charge in [-0.15, -0.1) is 0 Å². The topological polar surface area (TPSA) is 37.3 Å². The minimum Gasteiger partial charge on any atom is -0.478 e. The molecule has 0 atom stereocenters. The molecule has 0 heterocycles. The lowest BCUT2D eigenvalue weighted by Crippen LogP contribution is -1.96. The largest absolute Gasteiger partial charge is 0.478 e. The summed E-state index contributed by atoms with van der Waals surface area (Å²) in [6.45, 7) is 0. The number of hydrogen-bond donors (Lipinski definition) is 1. The van der Waals surface area contributed by atoms with Crippen molar-refractivity contribution >= 4 is 27.5 Å². The van der Waals surface area contributed by atoms with Gasteiger partial charge in [-0.05, 0) is 58.0 Å². The van der Waals surface area contributed by atoms with Gasteiger partial charge >= 0.3 is 5.97 Å². The van der Waals surface area contributed by atoms with E-state index in [1.54, 1.807) is 12.1 Å². The molecule has 0 unspecified atom stereocenters. The molecule has 2 heteroatoms. The van der Waals surface area contributed by atoms with Gasteiger partial charge in [0.2, 0.25) is 0 Å². The lowest BCUT2D eigenvalue weighted by atomic mass is 9.94. The summed E-state index contributed by atoms with van der Waals surface area (Å²) in [5, 5.41) is 13.9. The van der Waals surface area contributed by atoms with Crippen LogP contribution >= 0.6 is 0 Å². The molecule has 20 heavy (non-hydrogen) atoms. The Balaban J connectivity index is 2.11. The molecule has 1 N–H and O–H groups in total. The average Bonchev–Trinajstić information content (AvgIpc) is 3.30. The Labute approximate surface area is 116 Å². The number of rotatable bonds is 2. The fraction of sp³-hybridized carbons (Fsp3) is 0.167. The van der Waals surface area contributed by atoms with E-state index in [0.29, 0.717) is 11.5 Å². The molecule has 1 aliphatic carbocycles. The number of benzene rings is 3. The molecule has 0 spiro atoms. The van der Waals surface area contributed by atoms with Gasteiger partial charge in [0, 0.05) is 0 Å². The third-order valence-electron chi connectivity index (χ3n) is 4.15. The van der Waals surface area contributed by atoms with Crippen LogP contribution in [0, 0.1) is 0 Å². The van der Waals surface area contributed by atoms with Crippen molar-refractivity contribution in [2.45, 2.75) is 18.8 Å². The minimum absolute atomic E-state index is 0.356. The van der Waals surface area contributed by atoms with E-state index >= 15 is 0 Å². The van der Waals surface area contributed by atoms with Crippen LogP contribution in [0.25, 0.3) is 21.5 Å². The highest BCUT2D eigenvalue weighted by molar-refractivity contribution is 6.10. The molecular formula is C18H14O2. The van der Waals surface area contributed by atoms with E-state index < -0.39 is 5.97 Å². The molecular weight excluding hydrogens is 248 g/mol. The normalized spacial score (nSPS) is 14.8. The number of fused-ring (bicyclic) bond motifs is 3. The molecule has 1 saturated carbocycles. The van der Waals surface area contributed by atoms with E-state index in [2.05, 4.69) is 24.3 Å². The molecule has 1 aliphatic rings. The maximum absolute atomic E-state index is 11.1. The number of carbonyl (C=O) groups is 1. The van der Waals surface area contributed by atoms with Crippen LogP contribution in [0.3, 0.4) is 0 Å². The molecule has 0 radical (unpaired) electrons. The maximum Gasteiger partial charge on any atom is 0.335 e. The maximum atomic E-state index is 11.1. The SMILES string of the molecule is O=C(O)c1ccc2c(c1)cc(C1CC1)c1ccccc12. The number of hydrogen-bond acceptors (Lipinski definition) is 1. The standard InChI is InChI=1S/C18H14O2/c19-18(20)12-7-8-14-13(9-12)10-17(11-5-6-11)16-4-2-1-3-15(14)16/h1-4,7-11H,5-6H2,(H,19,20). The third-order valence-corrected chi connectivity index (χ3v) is 4.15. The van der Waals surface area contributed by atoms with E-state index in [1.165, 1.54) is 29.2 Å². The summed E-state index contributed by atoms with van der Waals surface area (Å²) in [5.41, 5.74) is 1.73. The number of aromatic carboxylic acids is 1. The molecule has 2 nitrogen and oxygen atoms in total. The van der Waals surface area contributed by atoms with Crippen LogP contribution in [0.15, 0.2) is 48.5 Å². The van der Waals surface area contributed by atoms with Crippen molar-refractivity contribution in [2.24, 2.45) is 0 Å². The van der Waals surface area contributed by atoms with E-state index in [4.69, 9.17) is 5.11 Å². The Kier molecular flexibility index (Phi) is 2.34. The van der Waals surface area contributed by atoms with Gasteiger partial charge in [-0.25, -0.2) is 4.79 Å². The summed E-state index contributed by atoms with van der Waals surface area (Å²) >= 11 is 0. The Bertz CT molecular complexity index is 845. The zero-order valence-electron chi connectivity index (χ0n) is 11.0. The second-order valence-corrected chi connectivity index (χ2v) is 5.53. The summed E-state index contributed by atoms with van der Waals surface area (Å²) in [6.07, 6.45) is 2.49. The van der Waals surface area contributed by atoms with E-state index in [1.807, 2.05) is 12.1 Å². The monoisotopic (exact) mass is 262 g/mol. The summed E-state index contributed by atoms with van der Waals surface area (Å²) < 4.78 is 0. The van der Waals surface area contributed by atoms with Gasteiger partial charge in [-0.2, -0.15) is 0 Å². The Morgan fingerprint density at radius 3 is 2.40 bits per heavy atom. The molecule has 98 valence electrons. The molecule has 0 aliphatic heterocycles. The Hall–Kier alpha value is -2.35. The first kappa shape index (κ1) is 11.5. The predicted molar refractivity (Wildman–Crippen MR) is 80.4 cm³/mol. The van der Waals surface area contributed by atoms with Crippen LogP contribution in [0.5, 0.6) is 0 Å². The van der Waals surface area contributed by atoms with Crippen molar-refractivity contribution in [3.05, 3.63) is 59.7 Å². The molecule has 3 aromatic carbocycles. The van der Waals surface area contributed by atoms with Crippen molar-refractivity contribution in [1.82, 2.24) is 0 Å². The minimum atomic E-state index is -0.868. The highest BCUT2D eigenvalue weighted by Crippen LogP contribution is 2.45. The molecule has 0 aromatic heterocycles. The zero-order valence-corrected chi connectivity index (χ0v) is 11.0. The van der Waals surface area contributed by atoms with Crippen molar-refractivity contribution in [3.63, 3.8) is 0 Å². The van der Waals surface area contributed by atoms with E-state index in [9.17, 15) is 4.79 Å². The molecule has 4 rings (SSSR count). The first-order chi connectivity index (χ1) is 9.74. The molecule has 0 bridgehead atoms. The van der Waals surface area contributed by atoms with Crippen LogP contribution in [0.2, 0.25) is 0 Å². The highest BCUT2D eigenvalue weighted by atomic mass is 16.4. The van der Waals surface area contributed by atoms with Gasteiger partial charge in [0.25, 0.3) is 0 Å². The van der Waals surface area contributed by atoms with Gasteiger partial charge in [-0.1, -0.05) is 36.4 Å². The quantitative estimate of drug-likeness (QED) is 0.687. The fourth-order valence-electron chi connectivity index (χ4n) is 3.01. The van der Waals surface area contributed by atoms with Gasteiger partial charge in [-0.3, -0.25) is 0 Å². The fourth-order valence-corrected chi connectivity index (χ4v) is 3.01. The molecule has 3 aromatic rings. The van der Waals surface area contributed by atoms with Crippen molar-refractivity contribution in [1.29, 1.82) is 0 Å². The van der Waals surface area contributed by atoms with E-state index in [0.717, 1.165) is 10.8 Å². The molecule has 0 amide bonds. The summed E-state index contributed by atoms with van der Waals surface area (Å²) in [5.74, 6) is -0.217. The van der Waals surface area contributed by atoms with Crippen molar-refractivity contribution in [3.8, 4) is 0 Å². The van der Waals surface area contributed by atoms with Crippen LogP contribution in [-0.4, -0.2) is 11.1 Å². The van der Waals surface area contributed by atoms with Gasteiger partial charge < -0.3 is 5.11 Å². The lowest BCUT2D eigenvalue weighted by molar-refractivity contribution is 0.0697. The smallest absolute Gasteiger partial charge is 0.335 e.